The highest BCUT2D eigenvalue weighted by molar-refractivity contribution is 5.73. The van der Waals surface area contributed by atoms with Crippen LogP contribution >= 0.6 is 0 Å². The number of urea groups is 1. The Bertz CT molecular complexity index is 290. The minimum absolute atomic E-state index is 0.518. The number of nitrogens with one attached hydrogen (secondary N) is 1. The zero-order valence-corrected chi connectivity index (χ0v) is 15.7. The summed E-state index contributed by atoms with van der Waals surface area (Å²) in [6, 6.07) is -0.518. The molecule has 0 unspecified atom stereocenters. The molecule has 21 heavy (non-hydrogen) atoms. The first-order chi connectivity index (χ1) is 10.1. The van der Waals surface area contributed by atoms with Crippen LogP contribution in [0.25, 0.3) is 0 Å². The lowest BCUT2D eigenvalue weighted by molar-refractivity contribution is 0.251. The van der Waals surface area contributed by atoms with E-state index < -0.39 is 6.03 Å². The average Bonchev–Trinajstić information content (AvgIpc) is 2.53. The molecular formula is C18H38N2O. The molecule has 0 bridgehead atoms. The van der Waals surface area contributed by atoms with Gasteiger partial charge in [-0.25, -0.2) is 4.79 Å². The molecular weight excluding hydrogens is 260 g/mol. The highest BCUT2D eigenvalue weighted by Crippen LogP contribution is 2.03. The SMILES string of the molecule is C/C=C(\C=CC/C=C(\C)NC(N)=O)CC.CC.CC.CC. The molecule has 0 aliphatic rings. The van der Waals surface area contributed by atoms with Gasteiger partial charge in [0.15, 0.2) is 0 Å². The molecule has 0 aliphatic heterocycles. The number of carbonyl (C=O) groups is 1. The van der Waals surface area contributed by atoms with E-state index in [-0.39, 0.29) is 0 Å². The molecule has 2 amide bonds. The molecule has 3 N–H and O–H groups in total. The van der Waals surface area contributed by atoms with Crippen molar-refractivity contribution in [2.45, 2.75) is 75.2 Å². The smallest absolute Gasteiger partial charge is 0.316 e. The van der Waals surface area contributed by atoms with Gasteiger partial charge in [-0.1, -0.05) is 78.3 Å². The fourth-order valence-electron chi connectivity index (χ4n) is 1.13. The average molecular weight is 299 g/mol. The predicted octanol–water partition coefficient (Wildman–Crippen LogP) is 5.94. The van der Waals surface area contributed by atoms with Crippen molar-refractivity contribution >= 4 is 6.03 Å². The van der Waals surface area contributed by atoms with E-state index >= 15 is 0 Å². The third kappa shape index (κ3) is 27.6. The summed E-state index contributed by atoms with van der Waals surface area (Å²) >= 11 is 0. The van der Waals surface area contributed by atoms with Gasteiger partial charge in [-0.3, -0.25) is 0 Å². The van der Waals surface area contributed by atoms with E-state index in [1.807, 2.05) is 61.5 Å². The Morgan fingerprint density at radius 1 is 1.10 bits per heavy atom. The number of nitrogens with two attached hydrogens (primary N) is 1. The maximum atomic E-state index is 10.5. The van der Waals surface area contributed by atoms with Crippen molar-refractivity contribution in [1.29, 1.82) is 0 Å². The second-order valence-electron chi connectivity index (χ2n) is 3.23. The number of allylic oxidation sites excluding steroid dienone is 6. The second-order valence-corrected chi connectivity index (χ2v) is 3.23. The van der Waals surface area contributed by atoms with E-state index in [2.05, 4.69) is 30.5 Å². The van der Waals surface area contributed by atoms with Crippen LogP contribution in [0.2, 0.25) is 0 Å². The van der Waals surface area contributed by atoms with Crippen molar-refractivity contribution in [3.05, 3.63) is 35.6 Å². The van der Waals surface area contributed by atoms with Crippen LogP contribution in [0.3, 0.4) is 0 Å². The largest absolute Gasteiger partial charge is 0.351 e. The lowest BCUT2D eigenvalue weighted by Crippen LogP contribution is -2.27. The van der Waals surface area contributed by atoms with Crippen molar-refractivity contribution in [1.82, 2.24) is 5.32 Å². The molecule has 3 nitrogen and oxygen atoms in total. The molecule has 0 saturated carbocycles. The number of rotatable bonds is 5. The van der Waals surface area contributed by atoms with Crippen molar-refractivity contribution < 1.29 is 4.79 Å². The molecule has 0 saturated heterocycles. The van der Waals surface area contributed by atoms with Gasteiger partial charge in [-0.05, 0) is 26.7 Å². The van der Waals surface area contributed by atoms with Gasteiger partial charge in [0.05, 0.1) is 0 Å². The molecule has 0 aliphatic carbocycles. The highest BCUT2D eigenvalue weighted by Gasteiger charge is 1.90. The van der Waals surface area contributed by atoms with Crippen LogP contribution in [0.5, 0.6) is 0 Å². The molecule has 0 aromatic heterocycles. The minimum Gasteiger partial charge on any atom is -0.351 e. The first-order valence-electron chi connectivity index (χ1n) is 8.15. The minimum atomic E-state index is -0.518. The molecule has 0 atom stereocenters. The van der Waals surface area contributed by atoms with Gasteiger partial charge in [0, 0.05) is 5.70 Å². The molecule has 0 radical (unpaired) electrons. The van der Waals surface area contributed by atoms with E-state index in [0.29, 0.717) is 0 Å². The Kier molecular flexibility index (Phi) is 35.6. The molecule has 3 heteroatoms. The summed E-state index contributed by atoms with van der Waals surface area (Å²) in [5.41, 5.74) is 7.06. The fourth-order valence-corrected chi connectivity index (χ4v) is 1.13. The highest BCUT2D eigenvalue weighted by atomic mass is 16.2. The van der Waals surface area contributed by atoms with E-state index in [0.717, 1.165) is 18.5 Å². The zero-order chi connectivity index (χ0) is 17.7. The van der Waals surface area contributed by atoms with Crippen molar-refractivity contribution in [3.63, 3.8) is 0 Å². The normalized spacial score (nSPS) is 10.3. The molecule has 126 valence electrons. The van der Waals surface area contributed by atoms with E-state index in [1.165, 1.54) is 5.57 Å². The zero-order valence-electron chi connectivity index (χ0n) is 15.7. The molecule has 0 aromatic rings. The second kappa shape index (κ2) is 26.9. The third-order valence-corrected chi connectivity index (χ3v) is 1.99. The summed E-state index contributed by atoms with van der Waals surface area (Å²) in [5, 5.41) is 2.51. The number of amides is 2. The molecule has 0 spiro atoms. The van der Waals surface area contributed by atoms with Crippen LogP contribution in [-0.2, 0) is 0 Å². The van der Waals surface area contributed by atoms with Crippen LogP contribution < -0.4 is 11.1 Å². The van der Waals surface area contributed by atoms with Crippen LogP contribution in [0, 0.1) is 0 Å². The molecule has 0 fully saturated rings. The van der Waals surface area contributed by atoms with Gasteiger partial charge in [-0.15, -0.1) is 0 Å². The van der Waals surface area contributed by atoms with Crippen molar-refractivity contribution in [3.8, 4) is 0 Å². The van der Waals surface area contributed by atoms with Gasteiger partial charge in [0.1, 0.15) is 0 Å². The Morgan fingerprint density at radius 2 is 1.57 bits per heavy atom. The fraction of sp³-hybridized carbons (Fsp3) is 0.611. The Labute approximate surface area is 133 Å². The number of hydrogen-bond donors (Lipinski definition) is 2. The van der Waals surface area contributed by atoms with E-state index in [9.17, 15) is 4.79 Å². The van der Waals surface area contributed by atoms with Crippen LogP contribution in [0.1, 0.15) is 75.2 Å². The van der Waals surface area contributed by atoms with Gasteiger partial charge in [-0.2, -0.15) is 0 Å². The lowest BCUT2D eigenvalue weighted by Gasteiger charge is -1.99. The topological polar surface area (TPSA) is 55.1 Å². The van der Waals surface area contributed by atoms with Gasteiger partial charge in [0.25, 0.3) is 0 Å². The maximum Gasteiger partial charge on any atom is 0.316 e. The number of carbonyl (C=O) groups excluding carboxylic acids is 1. The van der Waals surface area contributed by atoms with Gasteiger partial charge in [0.2, 0.25) is 0 Å². The van der Waals surface area contributed by atoms with Crippen LogP contribution in [0.15, 0.2) is 35.6 Å². The summed E-state index contributed by atoms with van der Waals surface area (Å²) in [5.74, 6) is 0. The number of hydrogen-bond acceptors (Lipinski definition) is 1. The summed E-state index contributed by atoms with van der Waals surface area (Å²) in [4.78, 5) is 10.5. The van der Waals surface area contributed by atoms with Crippen molar-refractivity contribution in [2.24, 2.45) is 5.73 Å². The first-order valence-corrected chi connectivity index (χ1v) is 8.15. The standard InChI is InChI=1S/C12H20N2O.3C2H6/c1-4-11(5-2)9-7-6-8-10(3)14-12(13)15;3*1-2/h4,7-9H,5-6H2,1-3H3,(H3,13,14,15);3*1-2H3/b9-7?,10-8+,11-4-;;;. The summed E-state index contributed by atoms with van der Waals surface area (Å²) in [6.45, 7) is 18.0. The van der Waals surface area contributed by atoms with Crippen LogP contribution in [-0.4, -0.2) is 6.03 Å². The quantitative estimate of drug-likeness (QED) is 0.606. The summed E-state index contributed by atoms with van der Waals surface area (Å²) in [7, 11) is 0. The molecule has 0 heterocycles. The van der Waals surface area contributed by atoms with E-state index in [1.54, 1.807) is 0 Å². The van der Waals surface area contributed by atoms with E-state index in [4.69, 9.17) is 5.73 Å². The molecule has 0 aromatic carbocycles. The predicted molar refractivity (Wildman–Crippen MR) is 98.3 cm³/mol. The Balaban J connectivity index is -0.000000212. The lowest BCUT2D eigenvalue weighted by atomic mass is 10.1. The van der Waals surface area contributed by atoms with Crippen molar-refractivity contribution in [2.75, 3.05) is 0 Å². The maximum absolute atomic E-state index is 10.5. The Morgan fingerprint density at radius 3 is 1.90 bits per heavy atom. The van der Waals surface area contributed by atoms with Gasteiger partial charge >= 0.3 is 6.03 Å². The summed E-state index contributed by atoms with van der Waals surface area (Å²) < 4.78 is 0. The summed E-state index contributed by atoms with van der Waals surface area (Å²) in [6.07, 6.45) is 10.00. The Hall–Kier alpha value is -1.51. The monoisotopic (exact) mass is 298 g/mol. The first kappa shape index (κ1) is 27.8. The van der Waals surface area contributed by atoms with Crippen LogP contribution in [0.4, 0.5) is 4.79 Å². The third-order valence-electron chi connectivity index (χ3n) is 1.99. The van der Waals surface area contributed by atoms with Gasteiger partial charge < -0.3 is 11.1 Å². The number of primary amides is 1. The molecule has 0 rings (SSSR count).